The maximum absolute atomic E-state index is 13.5. The molecule has 0 aromatic rings. The molecular weight excluding hydrogens is 472 g/mol. The van der Waals surface area contributed by atoms with E-state index in [1.54, 1.807) is 4.31 Å². The van der Waals surface area contributed by atoms with Crippen LogP contribution < -0.4 is 5.48 Å². The molecule has 1 N–H and O–H groups in total. The third-order valence-corrected chi connectivity index (χ3v) is 8.34. The number of nitrogens with one attached hydrogen (secondary N) is 1. The average molecular weight is 505 g/mol. The first kappa shape index (κ1) is 26.7. The number of halogens is 4. The van der Waals surface area contributed by atoms with Crippen molar-refractivity contribution in [2.45, 2.75) is 68.3 Å². The molecule has 3 saturated heterocycles. The van der Waals surface area contributed by atoms with Crippen LogP contribution in [-0.2, 0) is 34.8 Å². The zero-order chi connectivity index (χ0) is 23.9. The minimum atomic E-state index is -4.17. The lowest BCUT2D eigenvalue weighted by molar-refractivity contribution is -0.202. The van der Waals surface area contributed by atoms with E-state index in [0.29, 0.717) is 52.2 Å². The summed E-state index contributed by atoms with van der Waals surface area (Å²) in [6.45, 7) is 0.484. The number of hydrogen-bond donors (Lipinski definition) is 1. The second-order valence-electron chi connectivity index (χ2n) is 8.65. The Balaban J connectivity index is 1.51. The van der Waals surface area contributed by atoms with Gasteiger partial charge in [-0.2, -0.15) is 8.78 Å². The highest BCUT2D eigenvalue weighted by Gasteiger charge is 2.49. The van der Waals surface area contributed by atoms with Crippen molar-refractivity contribution in [1.29, 1.82) is 0 Å². The summed E-state index contributed by atoms with van der Waals surface area (Å²) in [6, 6.07) is 0. The minimum absolute atomic E-state index is 0.0719. The molecule has 3 rings (SSSR count). The van der Waals surface area contributed by atoms with Gasteiger partial charge in [0.2, 0.25) is 0 Å². The second-order valence-corrected chi connectivity index (χ2v) is 10.4. The van der Waals surface area contributed by atoms with E-state index in [1.807, 2.05) is 0 Å². The largest absolute Gasteiger partial charge is 0.381 e. The SMILES string of the molecule is O=C(NOC1CCCCO1)C1(S(=O)N2CCC(COCC(F)(F)C(F)F)CC2)CCOCC1. The van der Waals surface area contributed by atoms with Crippen LogP contribution in [0.15, 0.2) is 0 Å². The van der Waals surface area contributed by atoms with Gasteiger partial charge in [0.15, 0.2) is 6.29 Å². The maximum Gasteiger partial charge on any atom is 0.330 e. The number of amides is 1. The van der Waals surface area contributed by atoms with Crippen molar-refractivity contribution in [3.8, 4) is 0 Å². The number of hydroxylamine groups is 1. The first-order chi connectivity index (χ1) is 15.7. The van der Waals surface area contributed by atoms with Crippen molar-refractivity contribution >= 4 is 16.9 Å². The number of nitrogens with zero attached hydrogens (tertiary/aromatic N) is 1. The van der Waals surface area contributed by atoms with Gasteiger partial charge in [0.1, 0.15) is 22.3 Å². The molecule has 2 unspecified atom stereocenters. The Morgan fingerprint density at radius 2 is 1.85 bits per heavy atom. The molecule has 1 amide bonds. The lowest BCUT2D eigenvalue weighted by atomic mass is 9.98. The monoisotopic (exact) mass is 504 g/mol. The first-order valence-corrected chi connectivity index (χ1v) is 12.4. The molecule has 13 heteroatoms. The van der Waals surface area contributed by atoms with E-state index in [9.17, 15) is 26.6 Å². The fraction of sp³-hybridized carbons (Fsp3) is 0.950. The van der Waals surface area contributed by atoms with E-state index < -0.39 is 46.9 Å². The molecule has 192 valence electrons. The Kier molecular flexibility index (Phi) is 9.89. The Morgan fingerprint density at radius 1 is 1.15 bits per heavy atom. The van der Waals surface area contributed by atoms with Crippen LogP contribution in [0.4, 0.5) is 17.6 Å². The Morgan fingerprint density at radius 3 is 2.45 bits per heavy atom. The van der Waals surface area contributed by atoms with Gasteiger partial charge in [0.05, 0.1) is 0 Å². The summed E-state index contributed by atoms with van der Waals surface area (Å²) in [4.78, 5) is 18.5. The summed E-state index contributed by atoms with van der Waals surface area (Å²) in [5, 5.41) is 0. The summed E-state index contributed by atoms with van der Waals surface area (Å²) in [6.07, 6.45) is -0.229. The zero-order valence-electron chi connectivity index (χ0n) is 18.4. The molecule has 2 atom stereocenters. The van der Waals surface area contributed by atoms with Gasteiger partial charge in [-0.1, -0.05) is 0 Å². The molecular formula is C20H32F4N2O6S. The molecule has 0 aromatic carbocycles. The summed E-state index contributed by atoms with van der Waals surface area (Å²) in [7, 11) is -1.67. The standard InChI is InChI=1S/C20H32F4N2O6S/c21-17(22)20(23,24)14-30-13-15-4-8-26(9-5-15)33(28)19(6-11-29-12-7-19)18(27)25-32-16-3-1-2-10-31-16/h15-17H,1-14H2,(H,25,27). The van der Waals surface area contributed by atoms with E-state index >= 15 is 0 Å². The van der Waals surface area contributed by atoms with Crippen LogP contribution in [0, 0.1) is 5.92 Å². The van der Waals surface area contributed by atoms with Crippen molar-refractivity contribution in [3.63, 3.8) is 0 Å². The van der Waals surface area contributed by atoms with Crippen molar-refractivity contribution in [3.05, 3.63) is 0 Å². The molecule has 3 aliphatic rings. The quantitative estimate of drug-likeness (QED) is 0.363. The molecule has 0 bridgehead atoms. The molecule has 0 aromatic heterocycles. The zero-order valence-corrected chi connectivity index (χ0v) is 19.3. The molecule has 0 spiro atoms. The fourth-order valence-electron chi connectivity index (χ4n) is 4.11. The van der Waals surface area contributed by atoms with Crippen LogP contribution in [0.2, 0.25) is 0 Å². The van der Waals surface area contributed by atoms with E-state index in [1.165, 1.54) is 0 Å². The summed E-state index contributed by atoms with van der Waals surface area (Å²) >= 11 is 0. The molecule has 3 aliphatic heterocycles. The van der Waals surface area contributed by atoms with Crippen LogP contribution in [0.5, 0.6) is 0 Å². The van der Waals surface area contributed by atoms with E-state index in [2.05, 4.69) is 5.48 Å². The third kappa shape index (κ3) is 7.07. The normalized spacial score (nSPS) is 26.3. The van der Waals surface area contributed by atoms with Crippen LogP contribution >= 0.6 is 0 Å². The van der Waals surface area contributed by atoms with Gasteiger partial charge in [-0.25, -0.2) is 27.6 Å². The first-order valence-electron chi connectivity index (χ1n) is 11.3. The lowest BCUT2D eigenvalue weighted by Gasteiger charge is -2.40. The molecule has 0 aliphatic carbocycles. The van der Waals surface area contributed by atoms with Crippen LogP contribution in [-0.4, -0.2) is 83.9 Å². The van der Waals surface area contributed by atoms with Crippen molar-refractivity contribution < 1.29 is 45.6 Å². The number of ether oxygens (including phenoxy) is 3. The smallest absolute Gasteiger partial charge is 0.330 e. The highest BCUT2D eigenvalue weighted by molar-refractivity contribution is 7.85. The number of rotatable bonds is 10. The predicted octanol–water partition coefficient (Wildman–Crippen LogP) is 2.40. The van der Waals surface area contributed by atoms with Gasteiger partial charge in [-0.05, 0) is 44.4 Å². The Labute approximate surface area is 193 Å². The fourth-order valence-corrected chi connectivity index (χ4v) is 5.86. The number of alkyl halides is 4. The minimum Gasteiger partial charge on any atom is -0.381 e. The number of hydrogen-bond acceptors (Lipinski definition) is 6. The molecule has 8 nitrogen and oxygen atoms in total. The third-order valence-electron chi connectivity index (χ3n) is 6.24. The Hall–Kier alpha value is -0.860. The van der Waals surface area contributed by atoms with Gasteiger partial charge >= 0.3 is 12.3 Å². The van der Waals surface area contributed by atoms with E-state index in [0.717, 1.165) is 12.8 Å². The number of piperidine rings is 1. The predicted molar refractivity (Wildman–Crippen MR) is 110 cm³/mol. The molecule has 3 fully saturated rings. The molecule has 33 heavy (non-hydrogen) atoms. The molecule has 0 saturated carbocycles. The van der Waals surface area contributed by atoms with Gasteiger partial charge < -0.3 is 14.2 Å². The summed E-state index contributed by atoms with van der Waals surface area (Å²) < 4.78 is 80.1. The van der Waals surface area contributed by atoms with Gasteiger partial charge in [-0.15, -0.1) is 0 Å². The Bertz CT molecular complexity index is 654. The summed E-state index contributed by atoms with van der Waals surface area (Å²) in [5.74, 6) is -4.76. The van der Waals surface area contributed by atoms with Gasteiger partial charge in [0, 0.05) is 45.9 Å². The number of carbonyl (C=O) groups is 1. The van der Waals surface area contributed by atoms with Crippen molar-refractivity contribution in [2.24, 2.45) is 5.92 Å². The van der Waals surface area contributed by atoms with Crippen LogP contribution in [0.25, 0.3) is 0 Å². The maximum atomic E-state index is 13.5. The van der Waals surface area contributed by atoms with Crippen LogP contribution in [0.3, 0.4) is 0 Å². The number of carbonyl (C=O) groups excluding carboxylic acids is 1. The van der Waals surface area contributed by atoms with Crippen molar-refractivity contribution in [1.82, 2.24) is 9.79 Å². The highest BCUT2D eigenvalue weighted by atomic mass is 32.2. The topological polar surface area (TPSA) is 86.3 Å². The molecule has 3 heterocycles. The highest BCUT2D eigenvalue weighted by Crippen LogP contribution is 2.33. The molecule has 0 radical (unpaired) electrons. The van der Waals surface area contributed by atoms with Gasteiger partial charge in [0.25, 0.3) is 5.91 Å². The van der Waals surface area contributed by atoms with Crippen molar-refractivity contribution in [2.75, 3.05) is 46.1 Å². The van der Waals surface area contributed by atoms with E-state index in [-0.39, 0.29) is 25.4 Å². The average Bonchev–Trinajstić information content (AvgIpc) is 2.83. The van der Waals surface area contributed by atoms with E-state index in [4.69, 9.17) is 19.0 Å². The van der Waals surface area contributed by atoms with Gasteiger partial charge in [-0.3, -0.25) is 4.79 Å². The lowest BCUT2D eigenvalue weighted by Crippen LogP contribution is -2.58. The second kappa shape index (κ2) is 12.2. The van der Waals surface area contributed by atoms with Crippen LogP contribution in [0.1, 0.15) is 44.9 Å². The summed E-state index contributed by atoms with van der Waals surface area (Å²) in [5.41, 5.74) is 2.45.